The highest BCUT2D eigenvalue weighted by atomic mass is 16.5. The molecule has 3 amide bonds. The van der Waals surface area contributed by atoms with E-state index in [1.54, 1.807) is 14.2 Å². The number of hydrogen-bond acceptors (Lipinski definition) is 5. The number of ether oxygens (including phenoxy) is 2. The van der Waals surface area contributed by atoms with Crippen LogP contribution in [0.4, 0.5) is 4.79 Å². The molecule has 0 N–H and O–H groups in total. The number of amides is 3. The Morgan fingerprint density at radius 2 is 1.65 bits per heavy atom. The lowest BCUT2D eigenvalue weighted by atomic mass is 9.85. The second kappa shape index (κ2) is 10.9. The van der Waals surface area contributed by atoms with Crippen LogP contribution in [0.2, 0.25) is 0 Å². The third kappa shape index (κ3) is 4.93. The van der Waals surface area contributed by atoms with Gasteiger partial charge in [0, 0.05) is 39.9 Å². The van der Waals surface area contributed by atoms with E-state index in [0.29, 0.717) is 38.2 Å². The number of fused-ring (bicyclic) bond motifs is 1. The van der Waals surface area contributed by atoms with Gasteiger partial charge in [-0.05, 0) is 53.3 Å². The van der Waals surface area contributed by atoms with Gasteiger partial charge in [0.2, 0.25) is 0 Å². The summed E-state index contributed by atoms with van der Waals surface area (Å²) in [6.07, 6.45) is 1.96. The lowest BCUT2D eigenvalue weighted by Crippen LogP contribution is -2.56. The summed E-state index contributed by atoms with van der Waals surface area (Å²) in [4.78, 5) is 33.2. The van der Waals surface area contributed by atoms with Gasteiger partial charge in [-0.25, -0.2) is 4.79 Å². The van der Waals surface area contributed by atoms with Crippen molar-refractivity contribution in [1.82, 2.24) is 14.7 Å². The maximum Gasteiger partial charge on any atom is 0.327 e. The number of carbonyl (C=O) groups is 2. The number of methoxy groups -OCH3 is 2. The van der Waals surface area contributed by atoms with Crippen LogP contribution in [0.15, 0.2) is 66.7 Å². The summed E-state index contributed by atoms with van der Waals surface area (Å²) in [5.41, 5.74) is 1.38. The van der Waals surface area contributed by atoms with Gasteiger partial charge in [0.25, 0.3) is 5.91 Å². The highest BCUT2D eigenvalue weighted by Gasteiger charge is 2.57. The smallest absolute Gasteiger partial charge is 0.327 e. The van der Waals surface area contributed by atoms with E-state index in [2.05, 4.69) is 47.4 Å². The van der Waals surface area contributed by atoms with Crippen molar-refractivity contribution in [3.05, 3.63) is 77.9 Å². The van der Waals surface area contributed by atoms with Gasteiger partial charge in [-0.15, -0.1) is 0 Å². The summed E-state index contributed by atoms with van der Waals surface area (Å²) in [6.45, 7) is 3.66. The van der Waals surface area contributed by atoms with Crippen molar-refractivity contribution in [2.45, 2.75) is 37.9 Å². The minimum absolute atomic E-state index is 0.0810. The van der Waals surface area contributed by atoms with Crippen LogP contribution in [-0.2, 0) is 22.6 Å². The lowest BCUT2D eigenvalue weighted by molar-refractivity contribution is -0.136. The molecule has 0 aromatic heterocycles. The SMILES string of the molecule is COCCCN1C(=O)N(Cc2cccc(OC)c2)C(=O)C12CCN(Cc1cccc3ccccc13)CC2. The van der Waals surface area contributed by atoms with Gasteiger partial charge < -0.3 is 14.4 Å². The number of carbonyl (C=O) groups excluding carboxylic acids is 2. The van der Waals surface area contributed by atoms with E-state index in [-0.39, 0.29) is 18.5 Å². The molecular weight excluding hydrogens is 466 g/mol. The molecule has 7 nitrogen and oxygen atoms in total. The summed E-state index contributed by atoms with van der Waals surface area (Å²) >= 11 is 0. The number of urea groups is 1. The molecule has 0 atom stereocenters. The van der Waals surface area contributed by atoms with Gasteiger partial charge in [0.1, 0.15) is 11.3 Å². The topological polar surface area (TPSA) is 62.3 Å². The van der Waals surface area contributed by atoms with E-state index >= 15 is 0 Å². The Balaban J connectivity index is 1.34. The molecule has 0 unspecified atom stereocenters. The van der Waals surface area contributed by atoms with Gasteiger partial charge in [-0.3, -0.25) is 14.6 Å². The molecule has 2 fully saturated rings. The Morgan fingerprint density at radius 3 is 2.43 bits per heavy atom. The first-order chi connectivity index (χ1) is 18.1. The van der Waals surface area contributed by atoms with Crippen molar-refractivity contribution in [2.75, 3.05) is 40.5 Å². The maximum atomic E-state index is 13.9. The molecule has 2 aliphatic heterocycles. The quantitative estimate of drug-likeness (QED) is 0.315. The van der Waals surface area contributed by atoms with Crippen LogP contribution in [0.5, 0.6) is 5.75 Å². The summed E-state index contributed by atoms with van der Waals surface area (Å²) in [5, 5.41) is 2.51. The van der Waals surface area contributed by atoms with Crippen LogP contribution in [-0.4, -0.2) is 72.6 Å². The van der Waals surface area contributed by atoms with Gasteiger partial charge in [-0.2, -0.15) is 0 Å². The number of hydrogen-bond donors (Lipinski definition) is 0. The Labute approximate surface area is 218 Å². The number of imide groups is 1. The first-order valence-corrected chi connectivity index (χ1v) is 13.0. The van der Waals surface area contributed by atoms with E-state index in [4.69, 9.17) is 9.47 Å². The van der Waals surface area contributed by atoms with Crippen LogP contribution >= 0.6 is 0 Å². The fourth-order valence-electron chi connectivity index (χ4n) is 5.79. The molecule has 37 heavy (non-hydrogen) atoms. The zero-order valence-electron chi connectivity index (χ0n) is 21.7. The number of benzene rings is 3. The van der Waals surface area contributed by atoms with Crippen LogP contribution in [0.25, 0.3) is 10.8 Å². The van der Waals surface area contributed by atoms with Crippen molar-refractivity contribution in [2.24, 2.45) is 0 Å². The van der Waals surface area contributed by atoms with E-state index in [0.717, 1.165) is 25.2 Å². The van der Waals surface area contributed by atoms with Gasteiger partial charge in [0.15, 0.2) is 0 Å². The van der Waals surface area contributed by atoms with E-state index in [1.807, 2.05) is 29.2 Å². The van der Waals surface area contributed by atoms with Crippen molar-refractivity contribution < 1.29 is 19.1 Å². The molecule has 194 valence electrons. The molecule has 7 heteroatoms. The van der Waals surface area contributed by atoms with Crippen molar-refractivity contribution in [1.29, 1.82) is 0 Å². The monoisotopic (exact) mass is 501 g/mol. The number of likely N-dealkylation sites (tertiary alicyclic amines) is 1. The number of nitrogens with zero attached hydrogens (tertiary/aromatic N) is 3. The summed E-state index contributed by atoms with van der Waals surface area (Å²) in [7, 11) is 3.28. The zero-order valence-corrected chi connectivity index (χ0v) is 21.7. The normalized spacial score (nSPS) is 17.8. The second-order valence-corrected chi connectivity index (χ2v) is 9.97. The van der Waals surface area contributed by atoms with E-state index < -0.39 is 5.54 Å². The van der Waals surface area contributed by atoms with Crippen molar-refractivity contribution in [3.8, 4) is 5.75 Å². The molecule has 0 radical (unpaired) electrons. The molecule has 2 saturated heterocycles. The number of rotatable bonds is 9. The van der Waals surface area contributed by atoms with Crippen LogP contribution in [0.3, 0.4) is 0 Å². The fourth-order valence-corrected chi connectivity index (χ4v) is 5.79. The third-order valence-electron chi connectivity index (χ3n) is 7.78. The molecule has 0 saturated carbocycles. The fraction of sp³-hybridized carbons (Fsp3) is 0.400. The standard InChI is InChI=1S/C30H35N3O4/c1-36-19-7-16-33-29(35)32(21-23-8-5-12-26(20-23)37-2)28(34)30(33)14-17-31(18-15-30)22-25-11-6-10-24-9-3-4-13-27(24)25/h3-6,8-13,20H,7,14-19,21-22H2,1-2H3. The Hall–Kier alpha value is -3.42. The highest BCUT2D eigenvalue weighted by molar-refractivity contribution is 6.07. The van der Waals surface area contributed by atoms with Crippen molar-refractivity contribution in [3.63, 3.8) is 0 Å². The predicted octanol–water partition coefficient (Wildman–Crippen LogP) is 4.68. The Morgan fingerprint density at radius 1 is 0.892 bits per heavy atom. The summed E-state index contributed by atoms with van der Waals surface area (Å²) < 4.78 is 10.6. The minimum atomic E-state index is -0.793. The molecule has 1 spiro atoms. The van der Waals surface area contributed by atoms with Crippen LogP contribution < -0.4 is 4.74 Å². The Kier molecular flexibility index (Phi) is 7.44. The van der Waals surface area contributed by atoms with Gasteiger partial charge in [0.05, 0.1) is 13.7 Å². The lowest BCUT2D eigenvalue weighted by Gasteiger charge is -2.42. The predicted molar refractivity (Wildman–Crippen MR) is 143 cm³/mol. The second-order valence-electron chi connectivity index (χ2n) is 9.97. The molecular formula is C30H35N3O4. The molecule has 0 aliphatic carbocycles. The van der Waals surface area contributed by atoms with E-state index in [9.17, 15) is 9.59 Å². The molecule has 3 aromatic rings. The molecule has 3 aromatic carbocycles. The zero-order chi connectivity index (χ0) is 25.8. The van der Waals surface area contributed by atoms with Crippen LogP contribution in [0.1, 0.15) is 30.4 Å². The minimum Gasteiger partial charge on any atom is -0.497 e. The van der Waals surface area contributed by atoms with E-state index in [1.165, 1.54) is 21.2 Å². The highest BCUT2D eigenvalue weighted by Crippen LogP contribution is 2.39. The number of piperidine rings is 1. The summed E-state index contributed by atoms with van der Waals surface area (Å²) in [5.74, 6) is 0.632. The molecule has 5 rings (SSSR count). The maximum absolute atomic E-state index is 13.9. The first-order valence-electron chi connectivity index (χ1n) is 13.0. The van der Waals surface area contributed by atoms with Crippen molar-refractivity contribution >= 4 is 22.7 Å². The summed E-state index contributed by atoms with van der Waals surface area (Å²) in [6, 6.07) is 22.2. The van der Waals surface area contributed by atoms with Crippen LogP contribution in [0, 0.1) is 0 Å². The third-order valence-corrected chi connectivity index (χ3v) is 7.78. The van der Waals surface area contributed by atoms with Gasteiger partial charge >= 0.3 is 6.03 Å². The van der Waals surface area contributed by atoms with Gasteiger partial charge in [-0.1, -0.05) is 54.6 Å². The average molecular weight is 502 g/mol. The molecule has 0 bridgehead atoms. The average Bonchev–Trinajstić information content (AvgIpc) is 3.11. The molecule has 2 aliphatic rings. The first kappa shape index (κ1) is 25.2. The largest absolute Gasteiger partial charge is 0.497 e. The molecule has 2 heterocycles. The Bertz CT molecular complexity index is 1260.